The first kappa shape index (κ1) is 7.85. The number of urea groups is 1. The van der Waals surface area contributed by atoms with Crippen LogP contribution in [0.15, 0.2) is 6.58 Å². The number of imidazole rings is 1. The lowest BCUT2D eigenvalue weighted by Crippen LogP contribution is -2.40. The van der Waals surface area contributed by atoms with Gasteiger partial charge in [-0.3, -0.25) is 4.90 Å². The predicted octanol–water partition coefficient (Wildman–Crippen LogP) is 0.848. The number of hydrogen-bond donors (Lipinski definition) is 2. The number of hydrogen-bond acceptors (Lipinski definition) is 2. The monoisotopic (exact) mass is 178 g/mol. The maximum absolute atomic E-state index is 11.3. The van der Waals surface area contributed by atoms with Crippen LogP contribution in [0, 0.1) is 6.92 Å². The highest BCUT2D eigenvalue weighted by molar-refractivity contribution is 6.02. The second kappa shape index (κ2) is 2.35. The van der Waals surface area contributed by atoms with Crippen LogP contribution in [0.25, 0.3) is 5.70 Å². The number of nitrogens with zero attached hydrogens (tertiary/aromatic N) is 2. The highest BCUT2D eigenvalue weighted by Gasteiger charge is 2.26. The third-order valence-corrected chi connectivity index (χ3v) is 1.99. The van der Waals surface area contributed by atoms with Gasteiger partial charge in [0.05, 0.1) is 5.70 Å². The van der Waals surface area contributed by atoms with Crippen LogP contribution in [0.1, 0.15) is 11.5 Å². The first-order valence-electron chi connectivity index (χ1n) is 3.90. The van der Waals surface area contributed by atoms with E-state index in [0.29, 0.717) is 11.5 Å². The molecule has 1 aliphatic heterocycles. The summed E-state index contributed by atoms with van der Waals surface area (Å²) in [6, 6.07) is -0.205. The molecule has 0 spiro atoms. The van der Waals surface area contributed by atoms with E-state index in [4.69, 9.17) is 0 Å². The molecular formula is C8H10N4O. The Morgan fingerprint density at radius 3 is 2.92 bits per heavy atom. The molecule has 0 aliphatic carbocycles. The number of anilines is 1. The van der Waals surface area contributed by atoms with Gasteiger partial charge < -0.3 is 10.3 Å². The Balaban J connectivity index is 2.59. The van der Waals surface area contributed by atoms with Gasteiger partial charge in [-0.1, -0.05) is 6.58 Å². The molecule has 2 rings (SSSR count). The van der Waals surface area contributed by atoms with Crippen molar-refractivity contribution in [2.24, 2.45) is 0 Å². The third kappa shape index (κ3) is 1.00. The van der Waals surface area contributed by atoms with Crippen LogP contribution >= 0.6 is 0 Å². The van der Waals surface area contributed by atoms with Gasteiger partial charge >= 0.3 is 6.03 Å². The van der Waals surface area contributed by atoms with Gasteiger partial charge in [0.1, 0.15) is 11.5 Å². The van der Waals surface area contributed by atoms with Crippen LogP contribution in [0.5, 0.6) is 0 Å². The van der Waals surface area contributed by atoms with Crippen molar-refractivity contribution in [3.63, 3.8) is 0 Å². The topological polar surface area (TPSA) is 61.0 Å². The molecule has 1 aliphatic rings. The number of carbonyl (C=O) groups is 1. The van der Waals surface area contributed by atoms with Gasteiger partial charge in [-0.15, -0.1) is 0 Å². The lowest BCUT2D eigenvalue weighted by atomic mass is 10.3. The fourth-order valence-corrected chi connectivity index (χ4v) is 1.30. The molecule has 2 N–H and O–H groups in total. The zero-order valence-electron chi connectivity index (χ0n) is 7.51. The van der Waals surface area contributed by atoms with E-state index in [-0.39, 0.29) is 6.03 Å². The zero-order valence-corrected chi connectivity index (χ0v) is 7.51. The van der Waals surface area contributed by atoms with Crippen molar-refractivity contribution in [3.05, 3.63) is 18.1 Å². The largest absolute Gasteiger partial charge is 0.339 e. The molecule has 5 nitrogen and oxygen atoms in total. The van der Waals surface area contributed by atoms with E-state index >= 15 is 0 Å². The number of amides is 2. The standard InChI is InChI=1S/C8H10N4O/c1-4-6-7(11-5(2)10-6)12(3)8(13)9-4/h1H2,2-3H3,(H,9,13)(H,10,11). The molecule has 0 atom stereocenters. The number of H-pyrrole nitrogens is 1. The van der Waals surface area contributed by atoms with E-state index in [1.807, 2.05) is 6.92 Å². The summed E-state index contributed by atoms with van der Waals surface area (Å²) >= 11 is 0. The van der Waals surface area contributed by atoms with Crippen LogP contribution in [0.3, 0.4) is 0 Å². The Kier molecular flexibility index (Phi) is 1.42. The second-order valence-corrected chi connectivity index (χ2v) is 2.99. The summed E-state index contributed by atoms with van der Waals surface area (Å²) in [5, 5.41) is 2.62. The number of aromatic amines is 1. The highest BCUT2D eigenvalue weighted by Crippen LogP contribution is 2.25. The van der Waals surface area contributed by atoms with Crippen LogP contribution < -0.4 is 10.2 Å². The normalized spacial score (nSPS) is 15.7. The molecule has 0 saturated carbocycles. The van der Waals surface area contributed by atoms with Gasteiger partial charge in [-0.2, -0.15) is 0 Å². The van der Waals surface area contributed by atoms with Crippen molar-refractivity contribution in [2.45, 2.75) is 6.92 Å². The van der Waals surface area contributed by atoms with Gasteiger partial charge in [0.2, 0.25) is 0 Å². The summed E-state index contributed by atoms with van der Waals surface area (Å²) in [4.78, 5) is 19.9. The van der Waals surface area contributed by atoms with Gasteiger partial charge in [0.15, 0.2) is 5.82 Å². The van der Waals surface area contributed by atoms with Gasteiger partial charge in [-0.05, 0) is 6.92 Å². The Labute approximate surface area is 75.5 Å². The number of carbonyl (C=O) groups excluding carboxylic acids is 1. The molecule has 2 amide bonds. The van der Waals surface area contributed by atoms with Crippen LogP contribution in [0.4, 0.5) is 10.6 Å². The fourth-order valence-electron chi connectivity index (χ4n) is 1.30. The molecule has 0 aromatic carbocycles. The molecule has 0 bridgehead atoms. The van der Waals surface area contributed by atoms with Crippen molar-refractivity contribution in [1.82, 2.24) is 15.3 Å². The zero-order chi connectivity index (χ0) is 9.59. The Bertz CT molecular complexity index is 393. The molecule has 68 valence electrons. The molecular weight excluding hydrogens is 168 g/mol. The smallest absolute Gasteiger partial charge is 0.327 e. The number of fused-ring (bicyclic) bond motifs is 1. The van der Waals surface area contributed by atoms with Crippen molar-refractivity contribution in [2.75, 3.05) is 11.9 Å². The maximum atomic E-state index is 11.3. The lowest BCUT2D eigenvalue weighted by Gasteiger charge is -2.23. The van der Waals surface area contributed by atoms with E-state index in [1.54, 1.807) is 7.05 Å². The van der Waals surface area contributed by atoms with E-state index in [0.717, 1.165) is 11.5 Å². The third-order valence-electron chi connectivity index (χ3n) is 1.99. The van der Waals surface area contributed by atoms with Gasteiger partial charge in [0.25, 0.3) is 0 Å². The number of aryl methyl sites for hydroxylation is 1. The Morgan fingerprint density at radius 2 is 2.23 bits per heavy atom. The fraction of sp³-hybridized carbons (Fsp3) is 0.250. The summed E-state index contributed by atoms with van der Waals surface area (Å²) in [5.41, 5.74) is 1.35. The van der Waals surface area contributed by atoms with Crippen molar-refractivity contribution < 1.29 is 4.79 Å². The number of nitrogens with one attached hydrogen (secondary N) is 2. The van der Waals surface area contributed by atoms with E-state index < -0.39 is 0 Å². The van der Waals surface area contributed by atoms with Crippen LogP contribution in [-0.4, -0.2) is 23.0 Å². The average molecular weight is 178 g/mol. The van der Waals surface area contributed by atoms with Crippen molar-refractivity contribution >= 4 is 17.5 Å². The molecule has 5 heteroatoms. The summed E-state index contributed by atoms with van der Waals surface area (Å²) in [7, 11) is 1.67. The number of rotatable bonds is 0. The lowest BCUT2D eigenvalue weighted by molar-refractivity contribution is 0.250. The summed E-state index contributed by atoms with van der Waals surface area (Å²) < 4.78 is 0. The van der Waals surface area contributed by atoms with Gasteiger partial charge in [-0.25, -0.2) is 9.78 Å². The van der Waals surface area contributed by atoms with Gasteiger partial charge in [0, 0.05) is 7.05 Å². The highest BCUT2D eigenvalue weighted by atomic mass is 16.2. The summed E-state index contributed by atoms with van der Waals surface area (Å²) in [6.07, 6.45) is 0. The van der Waals surface area contributed by atoms with Crippen molar-refractivity contribution in [3.8, 4) is 0 Å². The minimum absolute atomic E-state index is 0.205. The molecule has 1 aromatic heterocycles. The van der Waals surface area contributed by atoms with Crippen molar-refractivity contribution in [1.29, 1.82) is 0 Å². The Hall–Kier alpha value is -1.78. The SMILES string of the molecule is C=C1NC(=O)N(C)c2nc(C)[nH]c21. The predicted molar refractivity (Wildman–Crippen MR) is 49.3 cm³/mol. The van der Waals surface area contributed by atoms with E-state index in [1.165, 1.54) is 4.90 Å². The summed E-state index contributed by atoms with van der Waals surface area (Å²) in [5.74, 6) is 1.40. The molecule has 1 aromatic rings. The van der Waals surface area contributed by atoms with Crippen LogP contribution in [-0.2, 0) is 0 Å². The number of aromatic nitrogens is 2. The Morgan fingerprint density at radius 1 is 1.54 bits per heavy atom. The van der Waals surface area contributed by atoms with Crippen LogP contribution in [0.2, 0.25) is 0 Å². The second-order valence-electron chi connectivity index (χ2n) is 2.99. The molecule has 13 heavy (non-hydrogen) atoms. The molecule has 0 fully saturated rings. The quantitative estimate of drug-likeness (QED) is 0.618. The average Bonchev–Trinajstić information content (AvgIpc) is 2.44. The summed E-state index contributed by atoms with van der Waals surface area (Å²) in [6.45, 7) is 5.56. The molecule has 0 saturated heterocycles. The van der Waals surface area contributed by atoms with E-state index in [2.05, 4.69) is 21.9 Å². The van der Waals surface area contributed by atoms with E-state index in [9.17, 15) is 4.79 Å². The molecule has 0 radical (unpaired) electrons. The maximum Gasteiger partial charge on any atom is 0.327 e. The first-order valence-corrected chi connectivity index (χ1v) is 3.90. The molecule has 2 heterocycles. The molecule has 0 unspecified atom stereocenters. The minimum atomic E-state index is -0.205. The minimum Gasteiger partial charge on any atom is -0.339 e. The first-order chi connectivity index (χ1) is 6.09.